The Bertz CT molecular complexity index is 487. The van der Waals surface area contributed by atoms with E-state index < -0.39 is 11.2 Å². The number of carbonyl (C=O) groups is 2. The quantitative estimate of drug-likeness (QED) is 0.203. The number of rotatable bonds is 14. The average molecular weight is 411 g/mol. The fraction of sp³-hybridized carbons (Fsp3) is 0.917. The van der Waals surface area contributed by atoms with Crippen LogP contribution in [0, 0.1) is 0 Å². The fourth-order valence-corrected chi connectivity index (χ4v) is 4.57. The van der Waals surface area contributed by atoms with Crippen molar-refractivity contribution in [3.63, 3.8) is 0 Å². The molecule has 0 N–H and O–H groups in total. The van der Waals surface area contributed by atoms with Gasteiger partial charge < -0.3 is 14.2 Å². The minimum Gasteiger partial charge on any atom is -0.460 e. The third-order valence-electron chi connectivity index (χ3n) is 6.64. The lowest BCUT2D eigenvalue weighted by Gasteiger charge is -2.26. The molecule has 4 unspecified atom stereocenters. The van der Waals surface area contributed by atoms with Crippen LogP contribution in [0.15, 0.2) is 0 Å². The standard InChI is InChI=1S/C24H42O5/c1-5-9-11-15-19(7-3)27-21(25)23-17-13-14-18-24(23,29-23)22(26)28-20(8-4)16-12-10-6-2/h19-20H,5-18H2,1-4H3. The van der Waals surface area contributed by atoms with E-state index in [9.17, 15) is 9.59 Å². The van der Waals surface area contributed by atoms with Gasteiger partial charge in [0.1, 0.15) is 12.2 Å². The maximum Gasteiger partial charge on any atom is 0.342 e. The predicted octanol–water partition coefficient (Wildman–Crippen LogP) is 5.87. The second kappa shape index (κ2) is 11.3. The molecule has 29 heavy (non-hydrogen) atoms. The number of fused-ring (bicyclic) bond motifs is 1. The number of hydrogen-bond donors (Lipinski definition) is 0. The van der Waals surface area contributed by atoms with Crippen LogP contribution >= 0.6 is 0 Å². The third kappa shape index (κ3) is 5.53. The van der Waals surface area contributed by atoms with Crippen LogP contribution in [0.5, 0.6) is 0 Å². The van der Waals surface area contributed by atoms with Gasteiger partial charge in [0.2, 0.25) is 11.2 Å². The Morgan fingerprint density at radius 2 is 1.17 bits per heavy atom. The molecule has 1 saturated carbocycles. The van der Waals surface area contributed by atoms with Crippen LogP contribution in [0.2, 0.25) is 0 Å². The molecule has 0 aromatic heterocycles. The van der Waals surface area contributed by atoms with Gasteiger partial charge in [-0.1, -0.05) is 53.4 Å². The maximum atomic E-state index is 13.1. The van der Waals surface area contributed by atoms with Gasteiger partial charge in [0.25, 0.3) is 0 Å². The SMILES string of the molecule is CCCCCC(CC)OC(=O)C12CCCCC1(C(=O)OC(CC)CCCCC)O2. The van der Waals surface area contributed by atoms with Crippen LogP contribution in [0.3, 0.4) is 0 Å². The van der Waals surface area contributed by atoms with Gasteiger partial charge in [0.15, 0.2) is 0 Å². The zero-order valence-electron chi connectivity index (χ0n) is 19.1. The molecule has 2 aliphatic rings. The first-order chi connectivity index (χ1) is 14.0. The van der Waals surface area contributed by atoms with E-state index in [1.54, 1.807) is 0 Å². The normalized spacial score (nSPS) is 27.6. The van der Waals surface area contributed by atoms with Gasteiger partial charge in [0, 0.05) is 0 Å². The average Bonchev–Trinajstić information content (AvgIpc) is 3.44. The molecule has 1 heterocycles. The predicted molar refractivity (Wildman–Crippen MR) is 114 cm³/mol. The van der Waals surface area contributed by atoms with Crippen molar-refractivity contribution in [1.82, 2.24) is 0 Å². The van der Waals surface area contributed by atoms with Crippen molar-refractivity contribution >= 4 is 11.9 Å². The van der Waals surface area contributed by atoms with Crippen molar-refractivity contribution in [2.45, 2.75) is 141 Å². The van der Waals surface area contributed by atoms with Crippen LogP contribution in [0.25, 0.3) is 0 Å². The lowest BCUT2D eigenvalue weighted by atomic mass is 9.79. The number of hydrogen-bond acceptors (Lipinski definition) is 5. The third-order valence-corrected chi connectivity index (χ3v) is 6.64. The molecule has 0 spiro atoms. The summed E-state index contributed by atoms with van der Waals surface area (Å²) >= 11 is 0. The minimum absolute atomic E-state index is 0.0966. The van der Waals surface area contributed by atoms with Crippen molar-refractivity contribution in [1.29, 1.82) is 0 Å². The summed E-state index contributed by atoms with van der Waals surface area (Å²) in [6, 6.07) is 0. The van der Waals surface area contributed by atoms with Crippen molar-refractivity contribution in [2.75, 3.05) is 0 Å². The van der Waals surface area contributed by atoms with Crippen LogP contribution in [-0.4, -0.2) is 35.3 Å². The van der Waals surface area contributed by atoms with E-state index in [1.807, 2.05) is 13.8 Å². The van der Waals surface area contributed by atoms with Crippen molar-refractivity contribution < 1.29 is 23.8 Å². The summed E-state index contributed by atoms with van der Waals surface area (Å²) < 4.78 is 17.7. The minimum atomic E-state index is -1.11. The molecule has 0 amide bonds. The molecule has 168 valence electrons. The van der Waals surface area contributed by atoms with Gasteiger partial charge in [-0.15, -0.1) is 0 Å². The lowest BCUT2D eigenvalue weighted by molar-refractivity contribution is -0.161. The van der Waals surface area contributed by atoms with Crippen LogP contribution in [0.1, 0.15) is 118 Å². The Kier molecular flexibility index (Phi) is 9.45. The molecule has 2 rings (SSSR count). The molecule has 0 radical (unpaired) electrons. The first kappa shape index (κ1) is 24.2. The second-order valence-corrected chi connectivity index (χ2v) is 8.83. The number of carbonyl (C=O) groups excluding carboxylic acids is 2. The molecule has 0 aromatic carbocycles. The van der Waals surface area contributed by atoms with Gasteiger partial charge >= 0.3 is 11.9 Å². The molecule has 5 nitrogen and oxygen atoms in total. The van der Waals surface area contributed by atoms with Crippen molar-refractivity contribution in [3.05, 3.63) is 0 Å². The first-order valence-corrected chi connectivity index (χ1v) is 12.1. The Balaban J connectivity index is 2.00. The second-order valence-electron chi connectivity index (χ2n) is 8.83. The van der Waals surface area contributed by atoms with Crippen molar-refractivity contribution in [2.24, 2.45) is 0 Å². The van der Waals surface area contributed by atoms with Crippen LogP contribution in [-0.2, 0) is 23.8 Å². The molecular weight excluding hydrogens is 368 g/mol. The number of esters is 2. The van der Waals surface area contributed by atoms with Crippen LogP contribution in [0.4, 0.5) is 0 Å². The Morgan fingerprint density at radius 3 is 1.52 bits per heavy atom. The van der Waals surface area contributed by atoms with Gasteiger partial charge in [0.05, 0.1) is 0 Å². The van der Waals surface area contributed by atoms with E-state index in [4.69, 9.17) is 14.2 Å². The Morgan fingerprint density at radius 1 is 0.759 bits per heavy atom. The van der Waals surface area contributed by atoms with Crippen LogP contribution < -0.4 is 0 Å². The molecule has 0 bridgehead atoms. The summed E-state index contributed by atoms with van der Waals surface area (Å²) in [4.78, 5) is 26.2. The number of unbranched alkanes of at least 4 members (excludes halogenated alkanes) is 4. The number of epoxide rings is 1. The molecule has 1 saturated heterocycles. The first-order valence-electron chi connectivity index (χ1n) is 12.1. The molecule has 0 aromatic rings. The van der Waals surface area contributed by atoms with E-state index in [1.165, 1.54) is 0 Å². The van der Waals surface area contributed by atoms with Gasteiger partial charge in [-0.05, 0) is 64.2 Å². The monoisotopic (exact) mass is 410 g/mol. The molecule has 2 fully saturated rings. The number of ether oxygens (including phenoxy) is 3. The molecule has 1 aliphatic carbocycles. The van der Waals surface area contributed by atoms with E-state index in [0.29, 0.717) is 12.8 Å². The highest BCUT2D eigenvalue weighted by Crippen LogP contribution is 2.59. The summed E-state index contributed by atoms with van der Waals surface area (Å²) in [6.45, 7) is 8.41. The Labute approximate surface area is 177 Å². The maximum absolute atomic E-state index is 13.1. The topological polar surface area (TPSA) is 65.1 Å². The summed E-state index contributed by atoms with van der Waals surface area (Å²) in [5.41, 5.74) is -2.22. The van der Waals surface area contributed by atoms with E-state index in [-0.39, 0.29) is 24.1 Å². The molecule has 5 heteroatoms. The van der Waals surface area contributed by atoms with E-state index in [2.05, 4.69) is 13.8 Å². The largest absolute Gasteiger partial charge is 0.460 e. The Hall–Kier alpha value is -1.10. The van der Waals surface area contributed by atoms with Gasteiger partial charge in [-0.3, -0.25) is 0 Å². The summed E-state index contributed by atoms with van der Waals surface area (Å²) in [5, 5.41) is 0. The van der Waals surface area contributed by atoms with Gasteiger partial charge in [-0.2, -0.15) is 0 Å². The highest BCUT2D eigenvalue weighted by molar-refractivity contribution is 5.98. The summed E-state index contributed by atoms with van der Waals surface area (Å²) in [5.74, 6) is -0.701. The van der Waals surface area contributed by atoms with Gasteiger partial charge in [-0.25, -0.2) is 9.59 Å². The zero-order chi connectivity index (χ0) is 21.3. The summed E-state index contributed by atoms with van der Waals surface area (Å²) in [6.07, 6.45) is 12.7. The zero-order valence-corrected chi connectivity index (χ0v) is 19.1. The molecular formula is C24H42O5. The fourth-order valence-electron chi connectivity index (χ4n) is 4.57. The summed E-state index contributed by atoms with van der Waals surface area (Å²) in [7, 11) is 0. The highest BCUT2D eigenvalue weighted by atomic mass is 16.7. The highest BCUT2D eigenvalue weighted by Gasteiger charge is 2.81. The molecule has 1 aliphatic heterocycles. The smallest absolute Gasteiger partial charge is 0.342 e. The van der Waals surface area contributed by atoms with E-state index in [0.717, 1.165) is 77.0 Å². The van der Waals surface area contributed by atoms with Crippen molar-refractivity contribution in [3.8, 4) is 0 Å². The molecule has 4 atom stereocenters. The lowest BCUT2D eigenvalue weighted by Crippen LogP contribution is -2.45. The van der Waals surface area contributed by atoms with E-state index >= 15 is 0 Å².